The molecule has 5 rings (SSSR count). The molecule has 0 radical (unpaired) electrons. The van der Waals surface area contributed by atoms with Gasteiger partial charge < -0.3 is 9.30 Å². The van der Waals surface area contributed by atoms with Gasteiger partial charge in [0.2, 0.25) is 5.78 Å². The number of esters is 1. The van der Waals surface area contributed by atoms with Crippen LogP contribution in [-0.4, -0.2) is 32.7 Å². The van der Waals surface area contributed by atoms with Gasteiger partial charge in [-0.3, -0.25) is 4.79 Å². The highest BCUT2D eigenvalue weighted by Crippen LogP contribution is 2.32. The third kappa shape index (κ3) is 4.63. The molecular formula is C28H22F3N3O3S. The fraction of sp³-hybridized carbons (Fsp3) is 0.179. The Bertz CT molecular complexity index is 1680. The summed E-state index contributed by atoms with van der Waals surface area (Å²) in [5.41, 5.74) is 2.46. The van der Waals surface area contributed by atoms with Gasteiger partial charge in [0.15, 0.2) is 6.61 Å². The number of Topliss-reactive ketones (excluding diaryl/α,β-unsaturated/α-hetero) is 1. The first-order valence-electron chi connectivity index (χ1n) is 11.7. The average molecular weight is 538 g/mol. The molecule has 0 saturated heterocycles. The Balaban J connectivity index is 1.35. The van der Waals surface area contributed by atoms with E-state index in [1.165, 1.54) is 17.4 Å². The van der Waals surface area contributed by atoms with Crippen molar-refractivity contribution in [3.63, 3.8) is 0 Å². The Kier molecular flexibility index (Phi) is 6.44. The second kappa shape index (κ2) is 9.60. The molecule has 0 N–H and O–H groups in total. The van der Waals surface area contributed by atoms with Gasteiger partial charge in [-0.1, -0.05) is 24.3 Å². The molecule has 10 heteroatoms. The first kappa shape index (κ1) is 25.5. The Morgan fingerprint density at radius 3 is 2.37 bits per heavy atom. The van der Waals surface area contributed by atoms with Crippen LogP contribution in [0.4, 0.5) is 13.2 Å². The van der Waals surface area contributed by atoms with E-state index in [2.05, 4.69) is 5.10 Å². The molecule has 0 amide bonds. The summed E-state index contributed by atoms with van der Waals surface area (Å²) in [5, 5.41) is 5.38. The summed E-state index contributed by atoms with van der Waals surface area (Å²) in [6, 6.07) is 17.7. The number of para-hydroxylation sites is 1. The molecule has 0 saturated carbocycles. The first-order valence-corrected chi connectivity index (χ1v) is 12.5. The van der Waals surface area contributed by atoms with Gasteiger partial charge in [-0.05, 0) is 63.2 Å². The van der Waals surface area contributed by atoms with Gasteiger partial charge >= 0.3 is 12.1 Å². The number of ketones is 1. The largest absolute Gasteiger partial charge is 0.453 e. The van der Waals surface area contributed by atoms with Crippen LogP contribution in [0, 0.1) is 20.8 Å². The van der Waals surface area contributed by atoms with E-state index in [4.69, 9.17) is 4.74 Å². The van der Waals surface area contributed by atoms with Crippen LogP contribution in [0.1, 0.15) is 42.7 Å². The number of hydrogen-bond donors (Lipinski definition) is 0. The maximum absolute atomic E-state index is 13.2. The lowest BCUT2D eigenvalue weighted by molar-refractivity contribution is -0.137. The lowest BCUT2D eigenvalue weighted by Crippen LogP contribution is -2.14. The highest BCUT2D eigenvalue weighted by molar-refractivity contribution is 7.20. The molecule has 3 aromatic heterocycles. The molecular weight excluding hydrogens is 515 g/mol. The third-order valence-electron chi connectivity index (χ3n) is 6.24. The molecule has 0 atom stereocenters. The van der Waals surface area contributed by atoms with Gasteiger partial charge in [-0.15, -0.1) is 11.3 Å². The van der Waals surface area contributed by atoms with Crippen LogP contribution < -0.4 is 0 Å². The fourth-order valence-corrected chi connectivity index (χ4v) is 5.51. The van der Waals surface area contributed by atoms with Crippen LogP contribution in [0.3, 0.4) is 0 Å². The molecule has 3 heterocycles. The number of nitrogens with zero attached hydrogens (tertiary/aromatic N) is 3. The molecule has 0 unspecified atom stereocenters. The van der Waals surface area contributed by atoms with Crippen LogP contribution in [0.2, 0.25) is 0 Å². The minimum Gasteiger partial charge on any atom is -0.453 e. The van der Waals surface area contributed by atoms with Crippen molar-refractivity contribution in [2.45, 2.75) is 26.9 Å². The zero-order chi connectivity index (χ0) is 27.2. The number of alkyl halides is 3. The van der Waals surface area contributed by atoms with E-state index in [0.717, 1.165) is 33.7 Å². The molecule has 2 aromatic carbocycles. The number of aromatic nitrogens is 3. The number of benzene rings is 2. The topological polar surface area (TPSA) is 66.1 Å². The zero-order valence-electron chi connectivity index (χ0n) is 20.7. The number of rotatable bonds is 6. The zero-order valence-corrected chi connectivity index (χ0v) is 21.5. The summed E-state index contributed by atoms with van der Waals surface area (Å²) in [4.78, 5) is 26.9. The van der Waals surface area contributed by atoms with E-state index < -0.39 is 30.1 Å². The maximum Gasteiger partial charge on any atom is 0.416 e. The summed E-state index contributed by atoms with van der Waals surface area (Å²) < 4.78 is 48.3. The van der Waals surface area contributed by atoms with E-state index >= 15 is 0 Å². The Morgan fingerprint density at radius 1 is 0.947 bits per heavy atom. The molecule has 0 spiro atoms. The van der Waals surface area contributed by atoms with Crippen molar-refractivity contribution in [1.82, 2.24) is 14.3 Å². The lowest BCUT2D eigenvalue weighted by Gasteiger charge is -2.13. The van der Waals surface area contributed by atoms with E-state index in [1.54, 1.807) is 41.3 Å². The van der Waals surface area contributed by atoms with Crippen molar-refractivity contribution in [2.24, 2.45) is 0 Å². The molecule has 38 heavy (non-hydrogen) atoms. The summed E-state index contributed by atoms with van der Waals surface area (Å²) in [7, 11) is 0. The van der Waals surface area contributed by atoms with Crippen LogP contribution >= 0.6 is 11.3 Å². The van der Waals surface area contributed by atoms with Crippen LogP contribution in [0.25, 0.3) is 21.6 Å². The van der Waals surface area contributed by atoms with Crippen LogP contribution in [0.5, 0.6) is 0 Å². The van der Waals surface area contributed by atoms with E-state index in [1.807, 2.05) is 37.3 Å². The average Bonchev–Trinajstić information content (AvgIpc) is 3.55. The first-order chi connectivity index (χ1) is 18.0. The van der Waals surface area contributed by atoms with Gasteiger partial charge in [-0.25, -0.2) is 9.48 Å². The van der Waals surface area contributed by atoms with E-state index in [0.29, 0.717) is 22.0 Å². The van der Waals surface area contributed by atoms with Gasteiger partial charge in [-0.2, -0.15) is 18.3 Å². The number of aryl methyl sites for hydroxylation is 2. The Morgan fingerprint density at radius 2 is 1.66 bits per heavy atom. The van der Waals surface area contributed by atoms with Crippen molar-refractivity contribution < 1.29 is 27.5 Å². The molecule has 0 aliphatic rings. The predicted octanol–water partition coefficient (Wildman–Crippen LogP) is 6.86. The van der Waals surface area contributed by atoms with Crippen molar-refractivity contribution in [1.29, 1.82) is 0 Å². The highest BCUT2D eigenvalue weighted by atomic mass is 32.1. The third-order valence-corrected chi connectivity index (χ3v) is 7.33. The molecule has 0 fully saturated rings. The minimum atomic E-state index is -4.48. The van der Waals surface area contributed by atoms with Gasteiger partial charge in [0.1, 0.15) is 9.71 Å². The van der Waals surface area contributed by atoms with E-state index in [-0.39, 0.29) is 5.56 Å². The second-order valence-electron chi connectivity index (χ2n) is 8.83. The van der Waals surface area contributed by atoms with Crippen molar-refractivity contribution >= 4 is 33.3 Å². The normalized spacial score (nSPS) is 11.7. The smallest absolute Gasteiger partial charge is 0.416 e. The maximum atomic E-state index is 13.2. The number of hydrogen-bond acceptors (Lipinski definition) is 5. The number of halogens is 3. The summed E-state index contributed by atoms with van der Waals surface area (Å²) in [6.45, 7) is 4.70. The van der Waals surface area contributed by atoms with Crippen molar-refractivity contribution in [3.8, 4) is 11.4 Å². The Labute approximate surface area is 219 Å². The summed E-state index contributed by atoms with van der Waals surface area (Å²) in [6.07, 6.45) is -4.48. The highest BCUT2D eigenvalue weighted by Gasteiger charge is 2.31. The molecule has 0 bridgehead atoms. The molecule has 0 aliphatic heterocycles. The molecule has 0 aliphatic carbocycles. The standard InChI is InChI=1S/C28H22F3N3O3S/c1-16-12-23(18(3)33(16)21-11-7-8-19(13-21)28(29,30)31)24(35)15-37-27(36)25-14-22-17(2)32-34(26(22)38-25)20-9-5-4-6-10-20/h4-14H,15H2,1-3H3. The van der Waals surface area contributed by atoms with Crippen LogP contribution in [0.15, 0.2) is 66.7 Å². The van der Waals surface area contributed by atoms with Gasteiger partial charge in [0.25, 0.3) is 0 Å². The van der Waals surface area contributed by atoms with Gasteiger partial charge in [0.05, 0.1) is 16.9 Å². The number of fused-ring (bicyclic) bond motifs is 1. The predicted molar refractivity (Wildman–Crippen MR) is 139 cm³/mol. The van der Waals surface area contributed by atoms with E-state index in [9.17, 15) is 22.8 Å². The van der Waals surface area contributed by atoms with Gasteiger partial charge in [0, 0.05) is 28.0 Å². The monoisotopic (exact) mass is 537 g/mol. The molecule has 6 nitrogen and oxygen atoms in total. The fourth-order valence-electron chi connectivity index (χ4n) is 4.44. The Hall–Kier alpha value is -4.18. The lowest BCUT2D eigenvalue weighted by atomic mass is 10.1. The second-order valence-corrected chi connectivity index (χ2v) is 9.86. The van der Waals surface area contributed by atoms with Crippen molar-refractivity contribution in [2.75, 3.05) is 6.61 Å². The number of carbonyl (C=O) groups is 2. The van der Waals surface area contributed by atoms with Crippen molar-refractivity contribution in [3.05, 3.63) is 99.8 Å². The summed E-state index contributed by atoms with van der Waals surface area (Å²) in [5.74, 6) is -1.08. The number of carbonyl (C=O) groups excluding carboxylic acids is 2. The minimum absolute atomic E-state index is 0.277. The number of ether oxygens (including phenoxy) is 1. The summed E-state index contributed by atoms with van der Waals surface area (Å²) >= 11 is 1.22. The molecule has 194 valence electrons. The SMILES string of the molecule is Cc1nn(-c2ccccc2)c2sc(C(=O)OCC(=O)c3cc(C)n(-c4cccc(C(F)(F)F)c4)c3C)cc12. The number of thiophene rings is 1. The molecule has 5 aromatic rings. The quantitative estimate of drug-likeness (QED) is 0.175. The van der Waals surface area contributed by atoms with Crippen LogP contribution in [-0.2, 0) is 10.9 Å².